The number of hydrogen-bond donors (Lipinski definition) is 1. The number of hydrogen-bond acceptors (Lipinski definition) is 4. The molecule has 0 unspecified atom stereocenters. The summed E-state index contributed by atoms with van der Waals surface area (Å²) < 4.78 is 5.38. The van der Waals surface area contributed by atoms with Crippen LogP contribution in [0.25, 0.3) is 0 Å². The van der Waals surface area contributed by atoms with Gasteiger partial charge in [-0.25, -0.2) is 0 Å². The topological polar surface area (TPSA) is 37.4 Å². The second-order valence-electron chi connectivity index (χ2n) is 5.73. The first-order valence-electron chi connectivity index (χ1n) is 6.91. The fraction of sp³-hybridized carbons (Fsp3) is 0.667. The molecule has 108 valence electrons. The van der Waals surface area contributed by atoms with Crippen molar-refractivity contribution in [2.45, 2.75) is 39.8 Å². The van der Waals surface area contributed by atoms with Crippen LogP contribution < -0.4 is 10.2 Å². The molecule has 0 saturated heterocycles. The zero-order valence-corrected chi connectivity index (χ0v) is 12.9. The zero-order valence-electron chi connectivity index (χ0n) is 12.9. The number of nitrogens with zero attached hydrogens (tertiary/aromatic N) is 2. The number of aromatic nitrogens is 1. The average Bonchev–Trinajstić information content (AvgIpc) is 2.36. The maximum Gasteiger partial charge on any atom is 0.0641 e. The maximum absolute atomic E-state index is 5.38. The minimum absolute atomic E-state index is 0.110. The van der Waals surface area contributed by atoms with Crippen LogP contribution >= 0.6 is 0 Å². The number of nitrogens with one attached hydrogen (secondary N) is 1. The van der Waals surface area contributed by atoms with Gasteiger partial charge in [0.2, 0.25) is 0 Å². The largest absolute Gasteiger partial charge is 0.380 e. The Bertz CT molecular complexity index is 374. The maximum atomic E-state index is 5.38. The van der Waals surface area contributed by atoms with E-state index in [-0.39, 0.29) is 5.54 Å². The summed E-state index contributed by atoms with van der Waals surface area (Å²) in [4.78, 5) is 6.59. The van der Waals surface area contributed by atoms with E-state index in [2.05, 4.69) is 49.1 Å². The number of pyridine rings is 1. The second-order valence-corrected chi connectivity index (χ2v) is 5.73. The van der Waals surface area contributed by atoms with Crippen LogP contribution in [0.4, 0.5) is 5.69 Å². The highest BCUT2D eigenvalue weighted by atomic mass is 16.5. The Morgan fingerprint density at radius 3 is 2.74 bits per heavy atom. The standard InChI is InChI=1S/C15H27N3O/c1-6-19-10-9-18(5)14-7-8-16-13(11-14)12-17-15(2,3)4/h7-8,11,17H,6,9-10,12H2,1-5H3. The van der Waals surface area contributed by atoms with E-state index >= 15 is 0 Å². The zero-order chi connectivity index (χ0) is 14.3. The molecule has 0 aromatic carbocycles. The first-order valence-corrected chi connectivity index (χ1v) is 6.91. The Kier molecular flexibility index (Phi) is 6.25. The molecule has 0 radical (unpaired) electrons. The van der Waals surface area contributed by atoms with Crippen molar-refractivity contribution in [3.8, 4) is 0 Å². The molecule has 0 saturated carbocycles. The van der Waals surface area contributed by atoms with Gasteiger partial charge in [0.1, 0.15) is 0 Å². The Labute approximate surface area is 117 Å². The monoisotopic (exact) mass is 265 g/mol. The van der Waals surface area contributed by atoms with E-state index in [1.807, 2.05) is 19.2 Å². The van der Waals surface area contributed by atoms with E-state index in [1.165, 1.54) is 5.69 Å². The molecular weight excluding hydrogens is 238 g/mol. The lowest BCUT2D eigenvalue weighted by Gasteiger charge is -2.22. The summed E-state index contributed by atoms with van der Waals surface area (Å²) in [5.74, 6) is 0. The number of anilines is 1. The van der Waals surface area contributed by atoms with E-state index in [0.717, 1.165) is 32.0 Å². The van der Waals surface area contributed by atoms with Crippen molar-refractivity contribution in [1.29, 1.82) is 0 Å². The number of rotatable bonds is 7. The minimum Gasteiger partial charge on any atom is -0.380 e. The summed E-state index contributed by atoms with van der Waals surface area (Å²) in [6.07, 6.45) is 1.87. The van der Waals surface area contributed by atoms with E-state index in [1.54, 1.807) is 0 Å². The molecular formula is C15H27N3O. The molecule has 1 aromatic rings. The van der Waals surface area contributed by atoms with E-state index in [9.17, 15) is 0 Å². The molecule has 4 nitrogen and oxygen atoms in total. The molecule has 0 aliphatic heterocycles. The van der Waals surface area contributed by atoms with Gasteiger partial charge in [0.15, 0.2) is 0 Å². The van der Waals surface area contributed by atoms with Crippen molar-refractivity contribution in [3.63, 3.8) is 0 Å². The molecule has 1 rings (SSSR count). The average molecular weight is 265 g/mol. The Balaban J connectivity index is 2.56. The van der Waals surface area contributed by atoms with Crippen LogP contribution in [0.1, 0.15) is 33.4 Å². The summed E-state index contributed by atoms with van der Waals surface area (Å²) in [7, 11) is 2.08. The van der Waals surface area contributed by atoms with Crippen LogP contribution in [-0.4, -0.2) is 37.3 Å². The molecule has 0 spiro atoms. The lowest BCUT2D eigenvalue weighted by molar-refractivity contribution is 0.154. The highest BCUT2D eigenvalue weighted by molar-refractivity contribution is 5.45. The molecule has 0 atom stereocenters. The van der Waals surface area contributed by atoms with Gasteiger partial charge in [-0.05, 0) is 39.8 Å². The van der Waals surface area contributed by atoms with Crippen LogP contribution in [0.5, 0.6) is 0 Å². The predicted octanol–water partition coefficient (Wildman–Crippen LogP) is 2.44. The van der Waals surface area contributed by atoms with Crippen molar-refractivity contribution in [2.24, 2.45) is 0 Å². The van der Waals surface area contributed by atoms with Gasteiger partial charge < -0.3 is 15.0 Å². The van der Waals surface area contributed by atoms with E-state index in [0.29, 0.717) is 0 Å². The van der Waals surface area contributed by atoms with Gasteiger partial charge in [-0.15, -0.1) is 0 Å². The van der Waals surface area contributed by atoms with Crippen LogP contribution in [0.2, 0.25) is 0 Å². The van der Waals surface area contributed by atoms with Crippen molar-refractivity contribution in [1.82, 2.24) is 10.3 Å². The fourth-order valence-corrected chi connectivity index (χ4v) is 1.63. The summed E-state index contributed by atoms with van der Waals surface area (Å²) in [5, 5.41) is 3.45. The lowest BCUT2D eigenvalue weighted by atomic mass is 10.1. The smallest absolute Gasteiger partial charge is 0.0641 e. The molecule has 19 heavy (non-hydrogen) atoms. The molecule has 0 aliphatic carbocycles. The third-order valence-electron chi connectivity index (χ3n) is 2.82. The van der Waals surface area contributed by atoms with Gasteiger partial charge in [-0.2, -0.15) is 0 Å². The summed E-state index contributed by atoms with van der Waals surface area (Å²) in [5.41, 5.74) is 2.36. The molecule has 1 aromatic heterocycles. The Morgan fingerprint density at radius 2 is 2.11 bits per heavy atom. The molecule has 1 heterocycles. The Hall–Kier alpha value is -1.13. The summed E-state index contributed by atoms with van der Waals surface area (Å²) in [6.45, 7) is 11.7. The van der Waals surface area contributed by atoms with Crippen LogP contribution in [0.3, 0.4) is 0 Å². The lowest BCUT2D eigenvalue weighted by Crippen LogP contribution is -2.35. The third kappa shape index (κ3) is 6.55. The van der Waals surface area contributed by atoms with Gasteiger partial charge in [-0.1, -0.05) is 0 Å². The quantitative estimate of drug-likeness (QED) is 0.768. The first kappa shape index (κ1) is 15.9. The molecule has 0 bridgehead atoms. The van der Waals surface area contributed by atoms with Crippen molar-refractivity contribution < 1.29 is 4.74 Å². The summed E-state index contributed by atoms with van der Waals surface area (Å²) in [6, 6.07) is 4.16. The van der Waals surface area contributed by atoms with Crippen LogP contribution in [-0.2, 0) is 11.3 Å². The molecule has 0 aliphatic rings. The number of ether oxygens (including phenoxy) is 1. The molecule has 1 N–H and O–H groups in total. The van der Waals surface area contributed by atoms with Gasteiger partial charge in [0, 0.05) is 44.2 Å². The van der Waals surface area contributed by atoms with Gasteiger partial charge >= 0.3 is 0 Å². The number of likely N-dealkylation sites (N-methyl/N-ethyl adjacent to an activating group) is 1. The van der Waals surface area contributed by atoms with Crippen LogP contribution in [0.15, 0.2) is 18.3 Å². The van der Waals surface area contributed by atoms with E-state index < -0.39 is 0 Å². The third-order valence-corrected chi connectivity index (χ3v) is 2.82. The molecule has 0 amide bonds. The first-order chi connectivity index (χ1) is 8.92. The van der Waals surface area contributed by atoms with Crippen molar-refractivity contribution in [3.05, 3.63) is 24.0 Å². The highest BCUT2D eigenvalue weighted by Gasteiger charge is 2.09. The molecule has 4 heteroatoms. The normalized spacial score (nSPS) is 11.6. The molecule has 0 fully saturated rings. The van der Waals surface area contributed by atoms with Crippen molar-refractivity contribution in [2.75, 3.05) is 31.7 Å². The summed E-state index contributed by atoms with van der Waals surface area (Å²) >= 11 is 0. The van der Waals surface area contributed by atoms with Gasteiger partial charge in [0.25, 0.3) is 0 Å². The van der Waals surface area contributed by atoms with Crippen LogP contribution in [0, 0.1) is 0 Å². The van der Waals surface area contributed by atoms with Gasteiger partial charge in [-0.3, -0.25) is 4.98 Å². The predicted molar refractivity (Wildman–Crippen MR) is 80.6 cm³/mol. The fourth-order valence-electron chi connectivity index (χ4n) is 1.63. The second kappa shape index (κ2) is 7.46. The van der Waals surface area contributed by atoms with Gasteiger partial charge in [0.05, 0.1) is 12.3 Å². The minimum atomic E-state index is 0.110. The Morgan fingerprint density at radius 1 is 1.37 bits per heavy atom. The highest BCUT2D eigenvalue weighted by Crippen LogP contribution is 2.13. The SMILES string of the molecule is CCOCCN(C)c1ccnc(CNC(C)(C)C)c1. The van der Waals surface area contributed by atoms with E-state index in [4.69, 9.17) is 4.74 Å². The van der Waals surface area contributed by atoms with Crippen molar-refractivity contribution >= 4 is 5.69 Å².